The van der Waals surface area contributed by atoms with Crippen molar-refractivity contribution in [3.63, 3.8) is 0 Å². The molecule has 2 amide bonds. The number of hydrogen-bond donors (Lipinski definition) is 2. The number of unbranched alkanes of at least 4 members (excludes halogenated alkanes) is 11. The van der Waals surface area contributed by atoms with Gasteiger partial charge in [0, 0.05) is 29.0 Å². The third kappa shape index (κ3) is 13.2. The largest absolute Gasteiger partial charge is 0.491 e. The van der Waals surface area contributed by atoms with Crippen molar-refractivity contribution >= 4 is 57.8 Å². The van der Waals surface area contributed by atoms with E-state index < -0.39 is 0 Å². The van der Waals surface area contributed by atoms with E-state index in [2.05, 4.69) is 40.9 Å². The van der Waals surface area contributed by atoms with Crippen molar-refractivity contribution in [1.82, 2.24) is 4.90 Å². The number of allylic oxidation sites excluding steroid dienone is 1. The molecule has 5 nitrogen and oxygen atoms in total. The molecule has 222 valence electrons. The lowest BCUT2D eigenvalue weighted by Gasteiger charge is -2.19. The average Bonchev–Trinajstić information content (AvgIpc) is 3.32. The Bertz CT molecular complexity index is 1050. The van der Waals surface area contributed by atoms with Gasteiger partial charge in [-0.1, -0.05) is 101 Å². The lowest BCUT2D eigenvalue weighted by atomic mass is 10.1. The Balaban J connectivity index is 0.00000560. The molecular weight excluding hydrogens is 606 g/mol. The molecule has 1 heterocycles. The zero-order valence-electron chi connectivity index (χ0n) is 24.2. The lowest BCUT2D eigenvalue weighted by Crippen LogP contribution is -2.20. The summed E-state index contributed by atoms with van der Waals surface area (Å²) in [6.07, 6.45) is 15.7. The summed E-state index contributed by atoms with van der Waals surface area (Å²) >= 11 is 8.03. The van der Waals surface area contributed by atoms with Crippen molar-refractivity contribution in [1.29, 1.82) is 0 Å². The van der Waals surface area contributed by atoms with E-state index in [9.17, 15) is 4.79 Å². The summed E-state index contributed by atoms with van der Waals surface area (Å²) in [5.74, 6) is 1.56. The van der Waals surface area contributed by atoms with E-state index in [0.29, 0.717) is 23.1 Å². The average molecular weight is 653 g/mol. The Kier molecular flexibility index (Phi) is 17.3. The molecule has 0 atom stereocenters. The number of ether oxygens (including phenoxy) is 1. The fourth-order valence-electron chi connectivity index (χ4n) is 4.69. The van der Waals surface area contributed by atoms with Gasteiger partial charge in [-0.2, -0.15) is 0 Å². The Morgan fingerprint density at radius 1 is 0.925 bits per heavy atom. The molecule has 8 heteroatoms. The van der Waals surface area contributed by atoms with Crippen LogP contribution in [0.25, 0.3) is 0 Å². The van der Waals surface area contributed by atoms with Gasteiger partial charge in [0.25, 0.3) is 0 Å². The van der Waals surface area contributed by atoms with E-state index >= 15 is 0 Å². The van der Waals surface area contributed by atoms with Gasteiger partial charge in [0.15, 0.2) is 0 Å². The second-order valence-electron chi connectivity index (χ2n) is 10.4. The minimum atomic E-state index is -0.308. The molecule has 0 spiro atoms. The predicted molar refractivity (Wildman–Crippen MR) is 179 cm³/mol. The standard InChI is InChI=1S/C32H46ClN3O2S.BrH/c1-3-4-5-6-7-8-9-10-11-12-13-14-20-38-31-22-28(33)18-19-30(31)35-32(37)34-29-17-15-16-27(21-29)23-36-25-39-24-26(36)2;/h15-19,21-22,24H,3-14,20,23,25H2,1-2H3,(H2,34,35,37);1H. The van der Waals surface area contributed by atoms with Gasteiger partial charge in [0.1, 0.15) is 5.75 Å². The molecule has 0 radical (unpaired) electrons. The van der Waals surface area contributed by atoms with Gasteiger partial charge in [-0.3, -0.25) is 0 Å². The van der Waals surface area contributed by atoms with Crippen molar-refractivity contribution in [3.05, 3.63) is 64.2 Å². The summed E-state index contributed by atoms with van der Waals surface area (Å²) in [5, 5.41) is 8.64. The number of carbonyl (C=O) groups is 1. The Morgan fingerprint density at radius 2 is 1.60 bits per heavy atom. The molecule has 0 fully saturated rings. The minimum Gasteiger partial charge on any atom is -0.491 e. The topological polar surface area (TPSA) is 53.6 Å². The SMILES string of the molecule is Br.CCCCCCCCCCCCCCOc1cc(Cl)ccc1NC(=O)Nc1cccc(CN2CSC=C2C)c1. The van der Waals surface area contributed by atoms with Gasteiger partial charge in [-0.05, 0) is 48.6 Å². The molecular formula is C32H47BrClN3O2S. The van der Waals surface area contributed by atoms with Crippen LogP contribution in [0, 0.1) is 0 Å². The van der Waals surface area contributed by atoms with Crippen molar-refractivity contribution in [2.24, 2.45) is 0 Å². The zero-order chi connectivity index (χ0) is 27.7. The minimum absolute atomic E-state index is 0. The van der Waals surface area contributed by atoms with Gasteiger partial charge < -0.3 is 20.3 Å². The Hall–Kier alpha value is -1.83. The van der Waals surface area contributed by atoms with Crippen LogP contribution in [-0.4, -0.2) is 23.4 Å². The maximum Gasteiger partial charge on any atom is 0.323 e. The van der Waals surface area contributed by atoms with Crippen LogP contribution in [0.4, 0.5) is 16.2 Å². The highest BCUT2D eigenvalue weighted by molar-refractivity contribution is 8.93. The van der Waals surface area contributed by atoms with Gasteiger partial charge in [-0.25, -0.2) is 4.79 Å². The molecule has 0 unspecified atom stereocenters. The first-order valence-electron chi connectivity index (χ1n) is 14.7. The van der Waals surface area contributed by atoms with E-state index in [0.717, 1.165) is 36.5 Å². The second kappa shape index (κ2) is 20.1. The molecule has 0 saturated carbocycles. The van der Waals surface area contributed by atoms with Gasteiger partial charge in [0.05, 0.1) is 18.2 Å². The highest BCUT2D eigenvalue weighted by Crippen LogP contribution is 2.29. The van der Waals surface area contributed by atoms with Gasteiger partial charge >= 0.3 is 6.03 Å². The van der Waals surface area contributed by atoms with Crippen LogP contribution in [0.3, 0.4) is 0 Å². The molecule has 0 aromatic heterocycles. The summed E-state index contributed by atoms with van der Waals surface area (Å²) in [5.41, 5.74) is 3.80. The zero-order valence-corrected chi connectivity index (χ0v) is 27.5. The molecule has 40 heavy (non-hydrogen) atoms. The first-order valence-corrected chi connectivity index (χ1v) is 16.1. The number of nitrogens with zero attached hydrogens (tertiary/aromatic N) is 1. The van der Waals surface area contributed by atoms with Gasteiger partial charge in [0.2, 0.25) is 0 Å². The van der Waals surface area contributed by atoms with E-state index in [1.54, 1.807) is 30.0 Å². The summed E-state index contributed by atoms with van der Waals surface area (Å²) in [4.78, 5) is 15.1. The van der Waals surface area contributed by atoms with Crippen LogP contribution in [0.5, 0.6) is 5.75 Å². The summed E-state index contributed by atoms with van der Waals surface area (Å²) in [6, 6.07) is 13.0. The number of amides is 2. The number of nitrogens with one attached hydrogen (secondary N) is 2. The number of urea groups is 1. The second-order valence-corrected chi connectivity index (χ2v) is 11.7. The lowest BCUT2D eigenvalue weighted by molar-refractivity contribution is 0.261. The fourth-order valence-corrected chi connectivity index (χ4v) is 5.79. The summed E-state index contributed by atoms with van der Waals surface area (Å²) < 4.78 is 6.02. The van der Waals surface area contributed by atoms with Crippen LogP contribution in [0.15, 0.2) is 53.6 Å². The van der Waals surface area contributed by atoms with E-state index in [1.165, 1.54) is 69.9 Å². The number of benzene rings is 2. The number of anilines is 2. The smallest absolute Gasteiger partial charge is 0.323 e. The normalized spacial score (nSPS) is 12.6. The predicted octanol–water partition coefficient (Wildman–Crippen LogP) is 11.0. The van der Waals surface area contributed by atoms with Crippen LogP contribution < -0.4 is 15.4 Å². The third-order valence-corrected chi connectivity index (χ3v) is 8.19. The monoisotopic (exact) mass is 651 g/mol. The Labute approximate surface area is 261 Å². The highest BCUT2D eigenvalue weighted by atomic mass is 79.9. The molecule has 0 saturated heterocycles. The van der Waals surface area contributed by atoms with Crippen LogP contribution in [-0.2, 0) is 6.54 Å². The van der Waals surface area contributed by atoms with Crippen LogP contribution >= 0.6 is 40.3 Å². The van der Waals surface area contributed by atoms with Gasteiger partial charge in [-0.15, -0.1) is 28.7 Å². The van der Waals surface area contributed by atoms with Crippen molar-refractivity contribution in [3.8, 4) is 5.75 Å². The van der Waals surface area contributed by atoms with E-state index in [1.807, 2.05) is 18.2 Å². The van der Waals surface area contributed by atoms with Crippen molar-refractivity contribution in [2.75, 3.05) is 23.1 Å². The molecule has 0 aliphatic carbocycles. The number of hydrogen-bond acceptors (Lipinski definition) is 4. The van der Waals surface area contributed by atoms with Crippen molar-refractivity contribution < 1.29 is 9.53 Å². The number of rotatable bonds is 18. The first kappa shape index (κ1) is 34.4. The maximum atomic E-state index is 12.8. The fraction of sp³-hybridized carbons (Fsp3) is 0.531. The van der Waals surface area contributed by atoms with Crippen LogP contribution in [0.2, 0.25) is 5.02 Å². The summed E-state index contributed by atoms with van der Waals surface area (Å²) in [7, 11) is 0. The molecule has 2 aromatic carbocycles. The molecule has 1 aliphatic rings. The highest BCUT2D eigenvalue weighted by Gasteiger charge is 2.13. The number of thioether (sulfide) groups is 1. The Morgan fingerprint density at radius 3 is 2.25 bits per heavy atom. The third-order valence-electron chi connectivity index (χ3n) is 6.99. The molecule has 1 aliphatic heterocycles. The van der Waals surface area contributed by atoms with Crippen LogP contribution in [0.1, 0.15) is 96.5 Å². The maximum absolute atomic E-state index is 12.8. The molecule has 3 rings (SSSR count). The van der Waals surface area contributed by atoms with Crippen molar-refractivity contribution in [2.45, 2.75) is 97.4 Å². The number of halogens is 2. The van der Waals surface area contributed by atoms with E-state index in [-0.39, 0.29) is 23.0 Å². The molecule has 2 aromatic rings. The number of carbonyl (C=O) groups excluding carboxylic acids is 1. The molecule has 2 N–H and O–H groups in total. The van der Waals surface area contributed by atoms with E-state index in [4.69, 9.17) is 16.3 Å². The first-order chi connectivity index (χ1) is 19.0. The summed E-state index contributed by atoms with van der Waals surface area (Å²) in [6.45, 7) is 5.82. The quantitative estimate of drug-likeness (QED) is 0.157. The molecule has 0 bridgehead atoms.